The van der Waals surface area contributed by atoms with Crippen LogP contribution < -0.4 is 11.1 Å². The van der Waals surface area contributed by atoms with Gasteiger partial charge in [0.1, 0.15) is 5.82 Å². The summed E-state index contributed by atoms with van der Waals surface area (Å²) in [4.78, 5) is 12.1. The lowest BCUT2D eigenvalue weighted by Gasteiger charge is -2.10. The molecule has 0 bridgehead atoms. The zero-order valence-electron chi connectivity index (χ0n) is 10.8. The Morgan fingerprint density at radius 2 is 1.95 bits per heavy atom. The molecule has 0 spiro atoms. The fourth-order valence-corrected chi connectivity index (χ4v) is 1.88. The number of nitrogen functional groups attached to an aromatic ring is 1. The Kier molecular flexibility index (Phi) is 3.51. The molecular weight excluding hydrogens is 243 g/mol. The molecule has 0 aliphatic carbocycles. The fourth-order valence-electron chi connectivity index (χ4n) is 1.88. The van der Waals surface area contributed by atoms with Crippen molar-refractivity contribution in [2.75, 3.05) is 11.1 Å². The minimum Gasteiger partial charge on any atom is -0.399 e. The Hall–Kier alpha value is -2.36. The minimum atomic E-state index is -0.346. The van der Waals surface area contributed by atoms with Crippen molar-refractivity contribution in [3.63, 3.8) is 0 Å². The summed E-state index contributed by atoms with van der Waals surface area (Å²) in [5.74, 6) is -0.648. The number of aryl methyl sites for hydroxylation is 1. The predicted molar refractivity (Wildman–Crippen MR) is 74.7 cm³/mol. The van der Waals surface area contributed by atoms with Crippen LogP contribution in [0.1, 0.15) is 21.5 Å². The number of rotatable bonds is 2. The van der Waals surface area contributed by atoms with E-state index < -0.39 is 0 Å². The topological polar surface area (TPSA) is 55.1 Å². The van der Waals surface area contributed by atoms with Gasteiger partial charge in [0.2, 0.25) is 0 Å². The summed E-state index contributed by atoms with van der Waals surface area (Å²) >= 11 is 0. The van der Waals surface area contributed by atoms with Crippen molar-refractivity contribution in [2.24, 2.45) is 0 Å². The molecule has 98 valence electrons. The zero-order valence-corrected chi connectivity index (χ0v) is 10.8. The highest BCUT2D eigenvalue weighted by Crippen LogP contribution is 2.19. The Bertz CT molecular complexity index is 618. The summed E-state index contributed by atoms with van der Waals surface area (Å²) in [6.07, 6.45) is 0. The van der Waals surface area contributed by atoms with Crippen molar-refractivity contribution >= 4 is 17.3 Å². The first-order valence-corrected chi connectivity index (χ1v) is 5.91. The SMILES string of the molecule is Cc1cc(N)cc(C(=O)Nc2cccc(F)c2C)c1. The lowest BCUT2D eigenvalue weighted by molar-refractivity contribution is 0.102. The molecule has 0 fully saturated rings. The predicted octanol–water partition coefficient (Wildman–Crippen LogP) is 3.28. The van der Waals surface area contributed by atoms with E-state index in [1.54, 1.807) is 37.3 Å². The van der Waals surface area contributed by atoms with Gasteiger partial charge in [-0.3, -0.25) is 4.79 Å². The van der Waals surface area contributed by atoms with Gasteiger partial charge >= 0.3 is 0 Å². The van der Waals surface area contributed by atoms with Gasteiger partial charge in [-0.05, 0) is 49.7 Å². The van der Waals surface area contributed by atoms with Crippen LogP contribution in [0.4, 0.5) is 15.8 Å². The average Bonchev–Trinajstić information content (AvgIpc) is 2.33. The largest absolute Gasteiger partial charge is 0.399 e. The van der Waals surface area contributed by atoms with Gasteiger partial charge in [0.25, 0.3) is 5.91 Å². The molecule has 3 nitrogen and oxygen atoms in total. The molecule has 0 saturated heterocycles. The molecule has 0 aliphatic heterocycles. The maximum atomic E-state index is 13.4. The molecule has 0 aliphatic rings. The number of carbonyl (C=O) groups is 1. The molecule has 2 aromatic rings. The van der Waals surface area contributed by atoms with Crippen molar-refractivity contribution in [3.8, 4) is 0 Å². The van der Waals surface area contributed by atoms with Crippen molar-refractivity contribution in [3.05, 3.63) is 58.9 Å². The highest BCUT2D eigenvalue weighted by molar-refractivity contribution is 6.05. The van der Waals surface area contributed by atoms with Crippen LogP contribution in [0.3, 0.4) is 0 Å². The smallest absolute Gasteiger partial charge is 0.255 e. The summed E-state index contributed by atoms with van der Waals surface area (Å²) in [6.45, 7) is 3.48. The second-order valence-electron chi connectivity index (χ2n) is 4.50. The van der Waals surface area contributed by atoms with Crippen LogP contribution in [-0.4, -0.2) is 5.91 Å². The molecule has 0 radical (unpaired) electrons. The number of hydrogen-bond acceptors (Lipinski definition) is 2. The zero-order chi connectivity index (χ0) is 14.0. The van der Waals surface area contributed by atoms with Gasteiger partial charge in [0.15, 0.2) is 0 Å². The van der Waals surface area contributed by atoms with E-state index in [1.807, 2.05) is 6.92 Å². The van der Waals surface area contributed by atoms with Crippen LogP contribution in [0.2, 0.25) is 0 Å². The first-order chi connectivity index (χ1) is 8.97. The number of hydrogen-bond donors (Lipinski definition) is 2. The van der Waals surface area contributed by atoms with E-state index in [-0.39, 0.29) is 11.7 Å². The number of amides is 1. The molecule has 0 aromatic heterocycles. The van der Waals surface area contributed by atoms with Crippen molar-refractivity contribution < 1.29 is 9.18 Å². The van der Waals surface area contributed by atoms with Gasteiger partial charge in [0, 0.05) is 22.5 Å². The van der Waals surface area contributed by atoms with Crippen LogP contribution in [-0.2, 0) is 0 Å². The standard InChI is InChI=1S/C15H15FN2O/c1-9-6-11(8-12(17)7-9)15(19)18-14-5-3-4-13(16)10(14)2/h3-8H,17H2,1-2H3,(H,18,19). The summed E-state index contributed by atoms with van der Waals surface area (Å²) in [6, 6.07) is 9.69. The third-order valence-corrected chi connectivity index (χ3v) is 2.88. The van der Waals surface area contributed by atoms with Gasteiger partial charge in [-0.1, -0.05) is 6.07 Å². The second-order valence-corrected chi connectivity index (χ2v) is 4.50. The van der Waals surface area contributed by atoms with E-state index in [9.17, 15) is 9.18 Å². The summed E-state index contributed by atoms with van der Waals surface area (Å²) in [5, 5.41) is 2.69. The molecule has 2 aromatic carbocycles. The number of nitrogens with two attached hydrogens (primary N) is 1. The Morgan fingerprint density at radius 3 is 2.63 bits per heavy atom. The van der Waals surface area contributed by atoms with E-state index >= 15 is 0 Å². The van der Waals surface area contributed by atoms with Gasteiger partial charge in [-0.25, -0.2) is 4.39 Å². The first kappa shape index (κ1) is 13.1. The normalized spacial score (nSPS) is 10.3. The maximum absolute atomic E-state index is 13.4. The molecular formula is C15H15FN2O. The van der Waals surface area contributed by atoms with Crippen LogP contribution in [0.15, 0.2) is 36.4 Å². The molecule has 1 amide bonds. The number of halogens is 1. The molecule has 0 atom stereocenters. The Labute approximate surface area is 111 Å². The minimum absolute atomic E-state index is 0.302. The second kappa shape index (κ2) is 5.10. The third-order valence-electron chi connectivity index (χ3n) is 2.88. The molecule has 0 unspecified atom stereocenters. The first-order valence-electron chi connectivity index (χ1n) is 5.91. The number of anilines is 2. The van der Waals surface area contributed by atoms with Crippen LogP contribution >= 0.6 is 0 Å². The molecule has 3 N–H and O–H groups in total. The molecule has 19 heavy (non-hydrogen) atoms. The van der Waals surface area contributed by atoms with Gasteiger partial charge < -0.3 is 11.1 Å². The van der Waals surface area contributed by atoms with Gasteiger partial charge in [-0.2, -0.15) is 0 Å². The lowest BCUT2D eigenvalue weighted by atomic mass is 10.1. The molecule has 2 rings (SSSR count). The van der Waals surface area contributed by atoms with Crippen LogP contribution in [0.25, 0.3) is 0 Å². The van der Waals surface area contributed by atoms with E-state index in [4.69, 9.17) is 5.73 Å². The quantitative estimate of drug-likeness (QED) is 0.812. The van der Waals surface area contributed by atoms with E-state index in [1.165, 1.54) is 6.07 Å². The van der Waals surface area contributed by atoms with E-state index in [0.717, 1.165) is 5.56 Å². The van der Waals surface area contributed by atoms with Crippen LogP contribution in [0, 0.1) is 19.7 Å². The lowest BCUT2D eigenvalue weighted by Crippen LogP contribution is -2.13. The maximum Gasteiger partial charge on any atom is 0.255 e. The third kappa shape index (κ3) is 2.91. The van der Waals surface area contributed by atoms with Crippen molar-refractivity contribution in [1.82, 2.24) is 0 Å². The van der Waals surface area contributed by atoms with Crippen molar-refractivity contribution in [2.45, 2.75) is 13.8 Å². The van der Waals surface area contributed by atoms with E-state index in [2.05, 4.69) is 5.32 Å². The van der Waals surface area contributed by atoms with Crippen molar-refractivity contribution in [1.29, 1.82) is 0 Å². The number of benzene rings is 2. The monoisotopic (exact) mass is 258 g/mol. The molecule has 4 heteroatoms. The highest BCUT2D eigenvalue weighted by atomic mass is 19.1. The summed E-state index contributed by atoms with van der Waals surface area (Å²) in [5.41, 5.74) is 8.47. The van der Waals surface area contributed by atoms with E-state index in [0.29, 0.717) is 22.5 Å². The molecule has 0 heterocycles. The summed E-state index contributed by atoms with van der Waals surface area (Å²) < 4.78 is 13.4. The Balaban J connectivity index is 2.28. The Morgan fingerprint density at radius 1 is 1.21 bits per heavy atom. The molecule has 0 saturated carbocycles. The number of nitrogens with one attached hydrogen (secondary N) is 1. The number of carbonyl (C=O) groups excluding carboxylic acids is 1. The highest BCUT2D eigenvalue weighted by Gasteiger charge is 2.10. The van der Waals surface area contributed by atoms with Gasteiger partial charge in [0.05, 0.1) is 0 Å². The average molecular weight is 258 g/mol. The van der Waals surface area contributed by atoms with Gasteiger partial charge in [-0.15, -0.1) is 0 Å². The summed E-state index contributed by atoms with van der Waals surface area (Å²) in [7, 11) is 0. The van der Waals surface area contributed by atoms with Crippen LogP contribution in [0.5, 0.6) is 0 Å². The fraction of sp³-hybridized carbons (Fsp3) is 0.133.